The molecule has 4 aromatic carbocycles. The summed E-state index contributed by atoms with van der Waals surface area (Å²) in [6.07, 6.45) is 10.3. The fraction of sp³-hybridized carbons (Fsp3) is 0.306. The van der Waals surface area contributed by atoms with Gasteiger partial charge in [-0.1, -0.05) is 25.0 Å². The minimum absolute atomic E-state index is 0.0257. The summed E-state index contributed by atoms with van der Waals surface area (Å²) in [5, 5.41) is 57.7. The SMILES string of the molecule is N#C/C(=C\c1ccc2c(c1)C1CCCC1N2c1ccc(SCCC(=O)[O-])cc1)C(=O)[O-].N#C/C(=C\c1ccc2c(c1)C1CCCC1N2c1ccc(SCCCC(=O)O)cc1)C(=O)O. The Kier molecular flexibility index (Phi) is 14.2. The summed E-state index contributed by atoms with van der Waals surface area (Å²) in [5.74, 6) is -2.46. The normalized spacial score (nSPS) is 19.5. The van der Waals surface area contributed by atoms with Crippen molar-refractivity contribution in [1.82, 2.24) is 0 Å². The maximum Gasteiger partial charge on any atom is 0.346 e. The van der Waals surface area contributed by atoms with E-state index in [0.717, 1.165) is 82.4 Å². The summed E-state index contributed by atoms with van der Waals surface area (Å²) in [5.41, 5.74) is 7.63. The van der Waals surface area contributed by atoms with E-state index in [-0.39, 0.29) is 24.0 Å². The first-order valence-corrected chi connectivity index (χ1v) is 22.8. The van der Waals surface area contributed by atoms with E-state index in [1.807, 2.05) is 48.5 Å². The molecule has 0 aromatic heterocycles. The fourth-order valence-corrected chi connectivity index (χ4v) is 11.0. The van der Waals surface area contributed by atoms with Gasteiger partial charge in [-0.15, -0.1) is 23.5 Å². The van der Waals surface area contributed by atoms with Crippen molar-refractivity contribution in [3.8, 4) is 12.1 Å². The number of nitrogens with zero attached hydrogens (tertiary/aromatic N) is 4. The molecule has 63 heavy (non-hydrogen) atoms. The van der Waals surface area contributed by atoms with Gasteiger partial charge in [0.1, 0.15) is 17.7 Å². The van der Waals surface area contributed by atoms with Crippen molar-refractivity contribution < 1.29 is 39.6 Å². The highest BCUT2D eigenvalue weighted by Gasteiger charge is 2.43. The molecular weight excluding hydrogens is 837 g/mol. The maximum atomic E-state index is 11.2. The topological polar surface area (TPSA) is 209 Å². The quantitative estimate of drug-likeness (QED) is 0.0506. The Morgan fingerprint density at radius 1 is 0.651 bits per heavy atom. The van der Waals surface area contributed by atoms with Gasteiger partial charge in [-0.05, 0) is 151 Å². The van der Waals surface area contributed by atoms with Gasteiger partial charge in [0.25, 0.3) is 0 Å². The molecule has 0 amide bonds. The Balaban J connectivity index is 0.000000189. The average molecular weight is 881 g/mol. The standard InChI is InChI=1S/C25H24N2O4S.C24H22N2O4S/c26-15-17(25(30)31)13-16-6-11-23-21(14-16)20-3-1-4-22(20)27(23)18-7-9-19(10-8-18)32-12-2-5-24(28)29;25-14-16(24(29)30)12-15-4-9-22-20(13-15)19-2-1-3-21(19)26(22)17-5-7-18(8-6-17)31-11-10-23(27)28/h6-11,13-14,20,22H,1-5,12H2,(H,28,29)(H,30,31);4-9,12-13,19,21H,1-3,10-11H2,(H,27,28)(H,29,30)/p-2/b17-13+;16-12+. The monoisotopic (exact) mass is 880 g/mol. The number of carbonyl (C=O) groups is 4. The molecule has 2 heterocycles. The van der Waals surface area contributed by atoms with Crippen LogP contribution in [-0.2, 0) is 19.2 Å². The van der Waals surface area contributed by atoms with Gasteiger partial charge in [-0.3, -0.25) is 4.79 Å². The maximum absolute atomic E-state index is 11.2. The largest absolute Gasteiger partial charge is 0.550 e. The van der Waals surface area contributed by atoms with E-state index in [9.17, 15) is 29.4 Å². The summed E-state index contributed by atoms with van der Waals surface area (Å²) >= 11 is 3.16. The zero-order valence-corrected chi connectivity index (χ0v) is 35.9. The summed E-state index contributed by atoms with van der Waals surface area (Å²) in [4.78, 5) is 50.4. The van der Waals surface area contributed by atoms with Crippen LogP contribution in [0.3, 0.4) is 0 Å². The number of carboxylic acids is 4. The van der Waals surface area contributed by atoms with E-state index in [1.165, 1.54) is 35.0 Å². The van der Waals surface area contributed by atoms with Crippen LogP contribution in [0.25, 0.3) is 12.2 Å². The van der Waals surface area contributed by atoms with Crippen molar-refractivity contribution in [3.63, 3.8) is 0 Å². The minimum Gasteiger partial charge on any atom is -0.550 e. The smallest absolute Gasteiger partial charge is 0.346 e. The Morgan fingerprint density at radius 3 is 1.56 bits per heavy atom. The van der Waals surface area contributed by atoms with Crippen LogP contribution in [0.1, 0.15) is 91.9 Å². The van der Waals surface area contributed by atoms with Crippen LogP contribution >= 0.6 is 23.5 Å². The number of anilines is 4. The summed E-state index contributed by atoms with van der Waals surface area (Å²) in [7, 11) is 0. The second-order valence-corrected chi connectivity index (χ2v) is 18.2. The lowest BCUT2D eigenvalue weighted by molar-refractivity contribution is -0.305. The number of carbonyl (C=O) groups excluding carboxylic acids is 2. The minimum atomic E-state index is -1.47. The third-order valence-electron chi connectivity index (χ3n) is 12.0. The molecule has 0 saturated heterocycles. The molecule has 2 aliphatic heterocycles. The van der Waals surface area contributed by atoms with Gasteiger partial charge in [0.15, 0.2) is 0 Å². The van der Waals surface area contributed by atoms with Gasteiger partial charge in [-0.2, -0.15) is 10.5 Å². The number of nitriles is 2. The Bertz CT molecular complexity index is 2540. The first-order valence-electron chi connectivity index (χ1n) is 20.9. The van der Waals surface area contributed by atoms with Crippen molar-refractivity contribution in [1.29, 1.82) is 10.5 Å². The molecule has 4 aliphatic rings. The number of carboxylic acid groups (broad SMARTS) is 4. The van der Waals surface area contributed by atoms with Gasteiger partial charge in [0.05, 0.1) is 11.5 Å². The third kappa shape index (κ3) is 10.3. The molecule has 2 aliphatic carbocycles. The number of aliphatic carboxylic acids is 4. The van der Waals surface area contributed by atoms with Crippen LogP contribution in [-0.4, -0.2) is 57.7 Å². The lowest BCUT2D eigenvalue weighted by Crippen LogP contribution is -2.26. The molecule has 2 fully saturated rings. The number of hydrogen-bond acceptors (Lipinski definition) is 12. The predicted molar refractivity (Wildman–Crippen MR) is 239 cm³/mol. The number of benzene rings is 4. The van der Waals surface area contributed by atoms with Crippen LogP contribution in [0.2, 0.25) is 0 Å². The third-order valence-corrected chi connectivity index (χ3v) is 14.1. The highest BCUT2D eigenvalue weighted by Crippen LogP contribution is 2.54. The van der Waals surface area contributed by atoms with Crippen LogP contribution < -0.4 is 20.0 Å². The Labute approximate surface area is 374 Å². The molecule has 4 unspecified atom stereocenters. The van der Waals surface area contributed by atoms with E-state index >= 15 is 0 Å². The average Bonchev–Trinajstić information content (AvgIpc) is 4.06. The zero-order valence-electron chi connectivity index (χ0n) is 34.3. The molecule has 0 spiro atoms. The van der Waals surface area contributed by atoms with Gasteiger partial charge >= 0.3 is 11.9 Å². The predicted octanol–water partition coefficient (Wildman–Crippen LogP) is 7.79. The molecule has 2 N–H and O–H groups in total. The second kappa shape index (κ2) is 20.1. The Morgan fingerprint density at radius 2 is 1.13 bits per heavy atom. The highest BCUT2D eigenvalue weighted by molar-refractivity contribution is 7.99. The van der Waals surface area contributed by atoms with Gasteiger partial charge < -0.3 is 39.8 Å². The Hall–Kier alpha value is -6.48. The molecule has 4 atom stereocenters. The van der Waals surface area contributed by atoms with Gasteiger partial charge in [0, 0.05) is 74.6 Å². The van der Waals surface area contributed by atoms with Crippen molar-refractivity contribution in [2.24, 2.45) is 0 Å². The summed E-state index contributed by atoms with van der Waals surface area (Å²) < 4.78 is 0. The summed E-state index contributed by atoms with van der Waals surface area (Å²) in [6.45, 7) is 0. The molecule has 14 heteroatoms. The number of thioether (sulfide) groups is 2. The molecule has 322 valence electrons. The molecule has 4 aromatic rings. The highest BCUT2D eigenvalue weighted by atomic mass is 32.2. The van der Waals surface area contributed by atoms with Crippen molar-refractivity contribution in [2.45, 2.75) is 91.5 Å². The molecule has 0 radical (unpaired) electrons. The fourth-order valence-electron chi connectivity index (χ4n) is 9.28. The molecule has 8 rings (SSSR count). The van der Waals surface area contributed by atoms with Gasteiger partial charge in [-0.25, -0.2) is 4.79 Å². The molecular formula is C49H44N4O8S2-2. The van der Waals surface area contributed by atoms with Gasteiger partial charge in [0.2, 0.25) is 0 Å². The van der Waals surface area contributed by atoms with E-state index in [1.54, 1.807) is 23.9 Å². The van der Waals surface area contributed by atoms with E-state index in [4.69, 9.17) is 20.7 Å². The number of rotatable bonds is 15. The second-order valence-electron chi connectivity index (χ2n) is 15.8. The van der Waals surface area contributed by atoms with Crippen LogP contribution in [0.4, 0.5) is 22.7 Å². The summed E-state index contributed by atoms with van der Waals surface area (Å²) in [6, 6.07) is 32.5. The van der Waals surface area contributed by atoms with Crippen LogP contribution in [0, 0.1) is 22.7 Å². The molecule has 2 saturated carbocycles. The van der Waals surface area contributed by atoms with Crippen molar-refractivity contribution in [3.05, 3.63) is 118 Å². The van der Waals surface area contributed by atoms with Crippen molar-refractivity contribution >= 4 is 82.3 Å². The van der Waals surface area contributed by atoms with Crippen LogP contribution in [0.5, 0.6) is 0 Å². The first kappa shape index (κ1) is 44.6. The van der Waals surface area contributed by atoms with Crippen LogP contribution in [0.15, 0.2) is 106 Å². The van der Waals surface area contributed by atoms with E-state index < -0.39 is 23.9 Å². The lowest BCUT2D eigenvalue weighted by Gasteiger charge is -2.27. The lowest BCUT2D eigenvalue weighted by atomic mass is 9.95. The number of fused-ring (bicyclic) bond motifs is 6. The first-order chi connectivity index (χ1) is 30.4. The molecule has 0 bridgehead atoms. The van der Waals surface area contributed by atoms with Crippen molar-refractivity contribution in [2.75, 3.05) is 21.3 Å². The van der Waals surface area contributed by atoms with E-state index in [0.29, 0.717) is 41.7 Å². The molecule has 12 nitrogen and oxygen atoms in total. The zero-order chi connectivity index (χ0) is 44.6. The number of hydrogen-bond donors (Lipinski definition) is 2. The van der Waals surface area contributed by atoms with E-state index in [2.05, 4.69) is 46.2 Å².